The van der Waals surface area contributed by atoms with Crippen LogP contribution in [0.3, 0.4) is 0 Å². The first-order valence-corrected chi connectivity index (χ1v) is 12.1. The van der Waals surface area contributed by atoms with Crippen molar-refractivity contribution in [3.8, 4) is 22.7 Å². The van der Waals surface area contributed by atoms with Crippen molar-refractivity contribution in [2.75, 3.05) is 30.8 Å². The molecule has 2 N–H and O–H groups in total. The Balaban J connectivity index is 1.53. The maximum absolute atomic E-state index is 13.2. The Morgan fingerprint density at radius 2 is 1.57 bits per heavy atom. The Morgan fingerprint density at radius 1 is 0.919 bits per heavy atom. The van der Waals surface area contributed by atoms with Crippen LogP contribution >= 0.6 is 0 Å². The van der Waals surface area contributed by atoms with E-state index in [0.29, 0.717) is 23.8 Å². The van der Waals surface area contributed by atoms with Crippen LogP contribution in [0.2, 0.25) is 0 Å². The molecule has 1 heterocycles. The standard InChI is InChI=1S/C29H31N5O3/c1-21(2)19-33(29(36)30-23-14-16-25(37-3)17-15-23)20-28(35)31-27-18-26(22-10-6-4-7-11-22)32-34(27)24-12-8-5-9-13-24/h4-18,21H,19-20H2,1-3H3,(H,30,36)(H,31,35). The first-order valence-electron chi connectivity index (χ1n) is 12.1. The highest BCUT2D eigenvalue weighted by Crippen LogP contribution is 2.25. The number of urea groups is 1. The highest BCUT2D eigenvalue weighted by Gasteiger charge is 2.21. The molecule has 0 aliphatic heterocycles. The summed E-state index contributed by atoms with van der Waals surface area (Å²) >= 11 is 0. The zero-order chi connectivity index (χ0) is 26.2. The van der Waals surface area contributed by atoms with Crippen LogP contribution in [0.4, 0.5) is 16.3 Å². The molecule has 37 heavy (non-hydrogen) atoms. The zero-order valence-corrected chi connectivity index (χ0v) is 21.2. The van der Waals surface area contributed by atoms with Crippen LogP contribution in [0.5, 0.6) is 5.75 Å². The van der Waals surface area contributed by atoms with Gasteiger partial charge in [0.25, 0.3) is 0 Å². The number of benzene rings is 3. The normalized spacial score (nSPS) is 10.7. The molecule has 0 unspecified atom stereocenters. The van der Waals surface area contributed by atoms with Crippen molar-refractivity contribution in [3.05, 3.63) is 91.0 Å². The van der Waals surface area contributed by atoms with Crippen LogP contribution in [0.15, 0.2) is 91.0 Å². The van der Waals surface area contributed by atoms with Crippen LogP contribution in [0, 0.1) is 5.92 Å². The number of carbonyl (C=O) groups is 2. The molecule has 0 saturated heterocycles. The average molecular weight is 498 g/mol. The summed E-state index contributed by atoms with van der Waals surface area (Å²) in [5.41, 5.74) is 3.11. The Morgan fingerprint density at radius 3 is 2.19 bits per heavy atom. The van der Waals surface area contributed by atoms with Crippen molar-refractivity contribution in [1.29, 1.82) is 0 Å². The lowest BCUT2D eigenvalue weighted by Gasteiger charge is -2.24. The summed E-state index contributed by atoms with van der Waals surface area (Å²) in [6.07, 6.45) is 0. The second-order valence-electron chi connectivity index (χ2n) is 9.01. The molecule has 4 rings (SSSR count). The minimum Gasteiger partial charge on any atom is -0.497 e. The Hall–Kier alpha value is -4.59. The predicted molar refractivity (Wildman–Crippen MR) is 146 cm³/mol. The number of rotatable bonds is 9. The molecule has 8 heteroatoms. The second-order valence-corrected chi connectivity index (χ2v) is 9.01. The van der Waals surface area contributed by atoms with Gasteiger partial charge in [-0.25, -0.2) is 9.48 Å². The number of anilines is 2. The van der Waals surface area contributed by atoms with Gasteiger partial charge in [0.15, 0.2) is 0 Å². The molecule has 0 bridgehead atoms. The van der Waals surface area contributed by atoms with Gasteiger partial charge in [0.1, 0.15) is 18.1 Å². The van der Waals surface area contributed by atoms with Crippen molar-refractivity contribution < 1.29 is 14.3 Å². The summed E-state index contributed by atoms with van der Waals surface area (Å²) in [5.74, 6) is 1.08. The maximum atomic E-state index is 13.2. The van der Waals surface area contributed by atoms with E-state index >= 15 is 0 Å². The molecule has 0 aliphatic carbocycles. The molecule has 0 radical (unpaired) electrons. The van der Waals surface area contributed by atoms with Gasteiger partial charge in [-0.3, -0.25) is 4.79 Å². The third-order valence-corrected chi connectivity index (χ3v) is 5.60. The topological polar surface area (TPSA) is 88.5 Å². The van der Waals surface area contributed by atoms with Gasteiger partial charge in [0, 0.05) is 23.9 Å². The fourth-order valence-corrected chi connectivity index (χ4v) is 3.88. The van der Waals surface area contributed by atoms with Gasteiger partial charge in [-0.1, -0.05) is 62.4 Å². The van der Waals surface area contributed by atoms with Crippen molar-refractivity contribution in [3.63, 3.8) is 0 Å². The summed E-state index contributed by atoms with van der Waals surface area (Å²) in [5, 5.41) is 10.6. The lowest BCUT2D eigenvalue weighted by Crippen LogP contribution is -2.42. The number of ether oxygens (including phenoxy) is 1. The number of para-hydroxylation sites is 1. The fraction of sp³-hybridized carbons (Fsp3) is 0.207. The summed E-state index contributed by atoms with van der Waals surface area (Å²) in [7, 11) is 1.59. The van der Waals surface area contributed by atoms with Crippen molar-refractivity contribution in [1.82, 2.24) is 14.7 Å². The van der Waals surface area contributed by atoms with Gasteiger partial charge in [-0.2, -0.15) is 5.10 Å². The quantitative estimate of drug-likeness (QED) is 0.312. The molecule has 3 amide bonds. The van der Waals surface area contributed by atoms with E-state index in [1.54, 1.807) is 36.1 Å². The highest BCUT2D eigenvalue weighted by atomic mass is 16.5. The minimum atomic E-state index is -0.351. The number of hydrogen-bond acceptors (Lipinski definition) is 4. The van der Waals surface area contributed by atoms with Crippen LogP contribution in [0.1, 0.15) is 13.8 Å². The molecule has 3 aromatic carbocycles. The number of nitrogens with zero attached hydrogens (tertiary/aromatic N) is 3. The molecule has 190 valence electrons. The van der Waals surface area contributed by atoms with E-state index in [9.17, 15) is 9.59 Å². The monoisotopic (exact) mass is 497 g/mol. The average Bonchev–Trinajstić information content (AvgIpc) is 3.33. The van der Waals surface area contributed by atoms with E-state index in [4.69, 9.17) is 9.84 Å². The van der Waals surface area contributed by atoms with Gasteiger partial charge in [-0.15, -0.1) is 0 Å². The van der Waals surface area contributed by atoms with Crippen molar-refractivity contribution in [2.45, 2.75) is 13.8 Å². The first-order chi connectivity index (χ1) is 17.9. The van der Waals surface area contributed by atoms with Crippen LogP contribution in [-0.4, -0.2) is 46.8 Å². The van der Waals surface area contributed by atoms with Gasteiger partial charge in [-0.05, 0) is 42.3 Å². The largest absolute Gasteiger partial charge is 0.497 e. The summed E-state index contributed by atoms with van der Waals surface area (Å²) < 4.78 is 6.87. The molecular weight excluding hydrogens is 466 g/mol. The van der Waals surface area contributed by atoms with E-state index in [0.717, 1.165) is 16.9 Å². The van der Waals surface area contributed by atoms with Crippen molar-refractivity contribution in [2.24, 2.45) is 5.92 Å². The van der Waals surface area contributed by atoms with Crippen LogP contribution in [-0.2, 0) is 4.79 Å². The zero-order valence-electron chi connectivity index (χ0n) is 21.2. The fourth-order valence-electron chi connectivity index (χ4n) is 3.88. The van der Waals surface area contributed by atoms with Crippen molar-refractivity contribution >= 4 is 23.4 Å². The molecule has 4 aromatic rings. The number of methoxy groups -OCH3 is 1. The number of amides is 3. The van der Waals surface area contributed by atoms with Gasteiger partial charge < -0.3 is 20.3 Å². The van der Waals surface area contributed by atoms with Gasteiger partial charge >= 0.3 is 6.03 Å². The Bertz CT molecular complexity index is 1320. The highest BCUT2D eigenvalue weighted by molar-refractivity contribution is 5.97. The summed E-state index contributed by atoms with van der Waals surface area (Å²) in [6, 6.07) is 27.9. The van der Waals surface area contributed by atoms with E-state index < -0.39 is 0 Å². The second kappa shape index (κ2) is 11.9. The maximum Gasteiger partial charge on any atom is 0.322 e. The Kier molecular flexibility index (Phi) is 8.20. The SMILES string of the molecule is COc1ccc(NC(=O)N(CC(=O)Nc2cc(-c3ccccc3)nn2-c2ccccc2)CC(C)C)cc1. The van der Waals surface area contributed by atoms with E-state index in [1.807, 2.05) is 80.6 Å². The molecule has 0 atom stereocenters. The molecule has 0 spiro atoms. The van der Waals surface area contributed by atoms with E-state index in [1.165, 1.54) is 4.90 Å². The number of nitrogens with one attached hydrogen (secondary N) is 2. The van der Waals surface area contributed by atoms with Gasteiger partial charge in [0.2, 0.25) is 5.91 Å². The molecule has 8 nitrogen and oxygen atoms in total. The molecule has 0 fully saturated rings. The van der Waals surface area contributed by atoms with E-state index in [-0.39, 0.29) is 24.4 Å². The molecule has 1 aromatic heterocycles. The smallest absolute Gasteiger partial charge is 0.322 e. The number of carbonyl (C=O) groups excluding carboxylic acids is 2. The lowest BCUT2D eigenvalue weighted by atomic mass is 10.1. The lowest BCUT2D eigenvalue weighted by molar-refractivity contribution is -0.116. The van der Waals surface area contributed by atoms with Crippen LogP contribution in [0.25, 0.3) is 16.9 Å². The first kappa shape index (κ1) is 25.5. The number of hydrogen-bond donors (Lipinski definition) is 2. The Labute approximate surface area is 216 Å². The minimum absolute atomic E-state index is 0.110. The number of aromatic nitrogens is 2. The van der Waals surface area contributed by atoms with Crippen LogP contribution < -0.4 is 15.4 Å². The van der Waals surface area contributed by atoms with Gasteiger partial charge in [0.05, 0.1) is 18.5 Å². The predicted octanol–water partition coefficient (Wildman–Crippen LogP) is 5.68. The molecule has 0 aliphatic rings. The third-order valence-electron chi connectivity index (χ3n) is 5.60. The summed E-state index contributed by atoms with van der Waals surface area (Å²) in [6.45, 7) is 4.31. The molecular formula is C29H31N5O3. The third kappa shape index (κ3) is 6.76. The van der Waals surface area contributed by atoms with E-state index in [2.05, 4.69) is 10.6 Å². The molecule has 0 saturated carbocycles. The summed E-state index contributed by atoms with van der Waals surface area (Å²) in [4.78, 5) is 27.7.